The van der Waals surface area contributed by atoms with Gasteiger partial charge in [0.15, 0.2) is 0 Å². The molecule has 1 amide bonds. The number of aromatic nitrogens is 2. The van der Waals surface area contributed by atoms with Crippen molar-refractivity contribution in [3.63, 3.8) is 0 Å². The zero-order valence-corrected chi connectivity index (χ0v) is 11.7. The third-order valence-corrected chi connectivity index (χ3v) is 3.79. The summed E-state index contributed by atoms with van der Waals surface area (Å²) in [5.41, 5.74) is 0.506. The highest BCUT2D eigenvalue weighted by Crippen LogP contribution is 2.33. The minimum Gasteiger partial charge on any atom is -0.465 e. The van der Waals surface area contributed by atoms with Crippen LogP contribution < -0.4 is 5.32 Å². The molecule has 0 unspecified atom stereocenters. The van der Waals surface area contributed by atoms with Gasteiger partial charge in [-0.1, -0.05) is 35.5 Å². The van der Waals surface area contributed by atoms with Gasteiger partial charge in [-0.25, -0.2) is 4.79 Å². The number of carbonyl (C=O) groups is 2. The molecule has 2 aromatic rings. The first kappa shape index (κ1) is 14.2. The van der Waals surface area contributed by atoms with Gasteiger partial charge in [0.05, 0.1) is 0 Å². The van der Waals surface area contributed by atoms with Crippen LogP contribution in [-0.2, 0) is 0 Å². The van der Waals surface area contributed by atoms with Crippen molar-refractivity contribution in [3.8, 4) is 0 Å². The largest absolute Gasteiger partial charge is 0.465 e. The maximum atomic E-state index is 12.2. The van der Waals surface area contributed by atoms with E-state index in [2.05, 4.69) is 15.5 Å². The second kappa shape index (κ2) is 5.97. The molecular weight excluding hydrogens is 286 g/mol. The lowest BCUT2D eigenvalue weighted by Crippen LogP contribution is -2.31. The summed E-state index contributed by atoms with van der Waals surface area (Å²) in [7, 11) is 0. The lowest BCUT2D eigenvalue weighted by molar-refractivity contribution is 0.102. The van der Waals surface area contributed by atoms with Crippen LogP contribution >= 0.6 is 0 Å². The molecule has 2 N–H and O–H groups in total. The molecule has 1 aliphatic rings. The van der Waals surface area contributed by atoms with Crippen LogP contribution in [0.4, 0.5) is 4.79 Å². The van der Waals surface area contributed by atoms with Crippen LogP contribution in [0.5, 0.6) is 0 Å². The van der Waals surface area contributed by atoms with Crippen molar-refractivity contribution in [1.29, 1.82) is 0 Å². The Kier molecular flexibility index (Phi) is 3.86. The Balaban J connectivity index is 1.70. The minimum absolute atomic E-state index is 0.0123. The Morgan fingerprint density at radius 3 is 2.73 bits per heavy atom. The van der Waals surface area contributed by atoms with Gasteiger partial charge < -0.3 is 14.9 Å². The molecule has 0 spiro atoms. The SMILES string of the molecule is O=C(O)N[C@H]1CC[C@H](c2nc(C(=O)c3ccccc3)no2)C1. The maximum absolute atomic E-state index is 12.2. The van der Waals surface area contributed by atoms with Crippen molar-refractivity contribution in [2.75, 3.05) is 0 Å². The van der Waals surface area contributed by atoms with Gasteiger partial charge in [0.25, 0.3) is 0 Å². The van der Waals surface area contributed by atoms with Gasteiger partial charge in [-0.05, 0) is 19.3 Å². The number of benzene rings is 1. The van der Waals surface area contributed by atoms with E-state index in [0.29, 0.717) is 17.9 Å². The summed E-state index contributed by atoms with van der Waals surface area (Å²) >= 11 is 0. The Hall–Kier alpha value is -2.70. The molecule has 0 aliphatic heterocycles. The normalized spacial score (nSPS) is 20.7. The van der Waals surface area contributed by atoms with E-state index in [0.717, 1.165) is 12.8 Å². The molecule has 7 nitrogen and oxygen atoms in total. The lowest BCUT2D eigenvalue weighted by Gasteiger charge is -2.08. The van der Waals surface area contributed by atoms with Crippen LogP contribution in [0.2, 0.25) is 0 Å². The maximum Gasteiger partial charge on any atom is 0.404 e. The van der Waals surface area contributed by atoms with Crippen molar-refractivity contribution >= 4 is 11.9 Å². The fourth-order valence-electron chi connectivity index (χ4n) is 2.72. The molecule has 3 rings (SSSR count). The predicted octanol–water partition coefficient (Wildman–Crippen LogP) is 2.20. The molecule has 7 heteroatoms. The summed E-state index contributed by atoms with van der Waals surface area (Å²) in [5.74, 6) is 0.139. The van der Waals surface area contributed by atoms with Crippen LogP contribution in [0, 0.1) is 0 Å². The predicted molar refractivity (Wildman–Crippen MR) is 75.7 cm³/mol. The third kappa shape index (κ3) is 2.98. The van der Waals surface area contributed by atoms with Gasteiger partial charge in [0.2, 0.25) is 17.5 Å². The number of hydrogen-bond donors (Lipinski definition) is 2. The summed E-state index contributed by atoms with van der Waals surface area (Å²) in [6, 6.07) is 8.65. The van der Waals surface area contributed by atoms with Gasteiger partial charge in [-0.2, -0.15) is 4.98 Å². The van der Waals surface area contributed by atoms with E-state index in [4.69, 9.17) is 9.63 Å². The zero-order valence-electron chi connectivity index (χ0n) is 11.7. The molecule has 1 fully saturated rings. The fourth-order valence-corrected chi connectivity index (χ4v) is 2.72. The Bertz CT molecular complexity index is 683. The first-order valence-corrected chi connectivity index (χ1v) is 7.06. The quantitative estimate of drug-likeness (QED) is 0.839. The molecule has 0 radical (unpaired) electrons. The monoisotopic (exact) mass is 301 g/mol. The van der Waals surface area contributed by atoms with Gasteiger partial charge in [-0.3, -0.25) is 4.79 Å². The average Bonchev–Trinajstić information content (AvgIpc) is 3.15. The van der Waals surface area contributed by atoms with E-state index in [1.807, 2.05) is 6.07 Å². The van der Waals surface area contributed by atoms with Crippen molar-refractivity contribution in [2.45, 2.75) is 31.2 Å². The van der Waals surface area contributed by atoms with Crippen LogP contribution in [0.15, 0.2) is 34.9 Å². The van der Waals surface area contributed by atoms with Crippen LogP contribution in [0.3, 0.4) is 0 Å². The lowest BCUT2D eigenvalue weighted by atomic mass is 10.1. The van der Waals surface area contributed by atoms with E-state index in [9.17, 15) is 9.59 Å². The molecule has 0 bridgehead atoms. The van der Waals surface area contributed by atoms with E-state index in [-0.39, 0.29) is 23.6 Å². The summed E-state index contributed by atoms with van der Waals surface area (Å²) in [4.78, 5) is 27.0. The molecule has 1 saturated carbocycles. The van der Waals surface area contributed by atoms with Gasteiger partial charge in [-0.15, -0.1) is 0 Å². The number of amides is 1. The van der Waals surface area contributed by atoms with Crippen LogP contribution in [0.1, 0.15) is 47.3 Å². The number of ketones is 1. The van der Waals surface area contributed by atoms with Crippen molar-refractivity contribution in [3.05, 3.63) is 47.6 Å². The van der Waals surface area contributed by atoms with Crippen molar-refractivity contribution in [1.82, 2.24) is 15.5 Å². The van der Waals surface area contributed by atoms with Crippen molar-refractivity contribution in [2.24, 2.45) is 0 Å². The summed E-state index contributed by atoms with van der Waals surface area (Å²) < 4.78 is 5.19. The molecule has 1 aromatic heterocycles. The molecule has 1 aliphatic carbocycles. The summed E-state index contributed by atoms with van der Waals surface area (Å²) in [6.45, 7) is 0. The second-order valence-corrected chi connectivity index (χ2v) is 5.31. The minimum atomic E-state index is -1.03. The molecule has 1 heterocycles. The number of carbonyl (C=O) groups excluding carboxylic acids is 1. The Morgan fingerprint density at radius 1 is 1.23 bits per heavy atom. The van der Waals surface area contributed by atoms with Gasteiger partial charge in [0, 0.05) is 17.5 Å². The molecular formula is C15H15N3O4. The molecule has 1 aromatic carbocycles. The highest BCUT2D eigenvalue weighted by molar-refractivity contribution is 6.06. The number of nitrogens with one attached hydrogen (secondary N) is 1. The second-order valence-electron chi connectivity index (χ2n) is 5.31. The standard InChI is InChI=1S/C15H15N3O4/c19-12(9-4-2-1-3-5-9)13-17-14(22-18-13)10-6-7-11(8-10)16-15(20)21/h1-5,10-11,16H,6-8H2,(H,20,21)/t10-,11-/m0/s1. The topological polar surface area (TPSA) is 105 Å². The number of rotatable bonds is 4. The highest BCUT2D eigenvalue weighted by Gasteiger charge is 2.31. The molecule has 2 atom stereocenters. The van der Waals surface area contributed by atoms with E-state index in [1.165, 1.54) is 0 Å². The number of nitrogens with zero attached hydrogens (tertiary/aromatic N) is 2. The van der Waals surface area contributed by atoms with Crippen LogP contribution in [0.25, 0.3) is 0 Å². The highest BCUT2D eigenvalue weighted by atomic mass is 16.5. The molecule has 0 saturated heterocycles. The van der Waals surface area contributed by atoms with Gasteiger partial charge in [0.1, 0.15) is 0 Å². The van der Waals surface area contributed by atoms with E-state index in [1.54, 1.807) is 24.3 Å². The van der Waals surface area contributed by atoms with Gasteiger partial charge >= 0.3 is 6.09 Å². The zero-order chi connectivity index (χ0) is 15.5. The first-order chi connectivity index (χ1) is 10.6. The smallest absolute Gasteiger partial charge is 0.404 e. The average molecular weight is 301 g/mol. The fraction of sp³-hybridized carbons (Fsp3) is 0.333. The first-order valence-electron chi connectivity index (χ1n) is 7.06. The molecule has 114 valence electrons. The Labute approximate surface area is 126 Å². The van der Waals surface area contributed by atoms with Crippen LogP contribution in [-0.4, -0.2) is 33.2 Å². The van der Waals surface area contributed by atoms with Crippen molar-refractivity contribution < 1.29 is 19.2 Å². The summed E-state index contributed by atoms with van der Waals surface area (Å²) in [5, 5.41) is 14.9. The number of hydrogen-bond acceptors (Lipinski definition) is 5. The Morgan fingerprint density at radius 2 is 2.00 bits per heavy atom. The number of carboxylic acid groups (broad SMARTS) is 1. The molecule has 22 heavy (non-hydrogen) atoms. The summed E-state index contributed by atoms with van der Waals surface area (Å²) in [6.07, 6.45) is 1.05. The third-order valence-electron chi connectivity index (χ3n) is 3.79. The van der Waals surface area contributed by atoms with E-state index < -0.39 is 6.09 Å². The van der Waals surface area contributed by atoms with E-state index >= 15 is 0 Å².